The minimum atomic E-state index is -0.939. The summed E-state index contributed by atoms with van der Waals surface area (Å²) in [7, 11) is 0. The van der Waals surface area contributed by atoms with E-state index in [9.17, 15) is 14.7 Å². The highest BCUT2D eigenvalue weighted by molar-refractivity contribution is 9.10. The number of carbonyl (C=O) groups is 2. The lowest BCUT2D eigenvalue weighted by Gasteiger charge is -2.33. The number of carboxylic acid groups (broad SMARTS) is 1. The van der Waals surface area contributed by atoms with E-state index in [2.05, 4.69) is 21.2 Å². The molecule has 1 saturated heterocycles. The van der Waals surface area contributed by atoms with Gasteiger partial charge in [-0.25, -0.2) is 9.59 Å². The molecule has 20 heavy (non-hydrogen) atoms. The molecule has 1 aromatic carbocycles. The van der Waals surface area contributed by atoms with E-state index in [1.54, 1.807) is 0 Å². The second-order valence-corrected chi connectivity index (χ2v) is 5.85. The van der Waals surface area contributed by atoms with Gasteiger partial charge in [0.2, 0.25) is 0 Å². The van der Waals surface area contributed by atoms with Crippen LogP contribution in [0.4, 0.5) is 10.5 Å². The van der Waals surface area contributed by atoms with E-state index in [0.29, 0.717) is 18.7 Å². The van der Waals surface area contributed by atoms with Gasteiger partial charge >= 0.3 is 12.0 Å². The average Bonchev–Trinajstić information content (AvgIpc) is 2.42. The van der Waals surface area contributed by atoms with Crippen LogP contribution in [0, 0.1) is 6.92 Å². The van der Waals surface area contributed by atoms with Crippen LogP contribution in [0.3, 0.4) is 0 Å². The Balaban J connectivity index is 2.14. The van der Waals surface area contributed by atoms with Crippen LogP contribution in [0.2, 0.25) is 0 Å². The van der Waals surface area contributed by atoms with Gasteiger partial charge in [-0.3, -0.25) is 0 Å². The zero-order chi connectivity index (χ0) is 14.7. The highest BCUT2D eigenvalue weighted by Gasteiger charge is 2.32. The predicted molar refractivity (Wildman–Crippen MR) is 79.9 cm³/mol. The van der Waals surface area contributed by atoms with Crippen molar-refractivity contribution in [3.8, 4) is 0 Å². The average molecular weight is 341 g/mol. The van der Waals surface area contributed by atoms with Crippen molar-refractivity contribution in [2.24, 2.45) is 0 Å². The number of benzene rings is 1. The van der Waals surface area contributed by atoms with Gasteiger partial charge in [-0.2, -0.15) is 0 Å². The Morgan fingerprint density at radius 1 is 1.40 bits per heavy atom. The Morgan fingerprint density at radius 3 is 2.85 bits per heavy atom. The van der Waals surface area contributed by atoms with Crippen molar-refractivity contribution in [2.75, 3.05) is 11.9 Å². The molecule has 1 heterocycles. The second kappa shape index (κ2) is 6.26. The van der Waals surface area contributed by atoms with Gasteiger partial charge in [0, 0.05) is 16.7 Å². The molecule has 0 spiro atoms. The first-order valence-corrected chi connectivity index (χ1v) is 7.35. The standard InChI is InChI=1S/C14H17BrN2O3/c1-9-5-6-10(15)8-11(9)16-14(20)17-7-3-2-4-12(17)13(18)19/h5-6,8,12H,2-4,7H2,1H3,(H,16,20)(H,18,19). The molecule has 0 saturated carbocycles. The van der Waals surface area contributed by atoms with E-state index < -0.39 is 12.0 Å². The zero-order valence-corrected chi connectivity index (χ0v) is 12.8. The van der Waals surface area contributed by atoms with Crippen molar-refractivity contribution in [1.29, 1.82) is 0 Å². The molecule has 1 atom stereocenters. The zero-order valence-electron chi connectivity index (χ0n) is 11.2. The summed E-state index contributed by atoms with van der Waals surface area (Å²) in [5, 5.41) is 12.0. The highest BCUT2D eigenvalue weighted by Crippen LogP contribution is 2.23. The van der Waals surface area contributed by atoms with Gasteiger partial charge in [0.1, 0.15) is 6.04 Å². The van der Waals surface area contributed by atoms with Crippen LogP contribution in [-0.2, 0) is 4.79 Å². The van der Waals surface area contributed by atoms with Crippen molar-refractivity contribution in [3.63, 3.8) is 0 Å². The maximum absolute atomic E-state index is 12.3. The molecular formula is C14H17BrN2O3. The Morgan fingerprint density at radius 2 is 2.15 bits per heavy atom. The van der Waals surface area contributed by atoms with E-state index in [1.807, 2.05) is 25.1 Å². The third kappa shape index (κ3) is 3.30. The minimum Gasteiger partial charge on any atom is -0.480 e. The first-order valence-electron chi connectivity index (χ1n) is 6.55. The van der Waals surface area contributed by atoms with Crippen LogP contribution in [-0.4, -0.2) is 34.6 Å². The molecule has 6 heteroatoms. The van der Waals surface area contributed by atoms with Crippen LogP contribution in [0.25, 0.3) is 0 Å². The van der Waals surface area contributed by atoms with Crippen molar-refractivity contribution in [3.05, 3.63) is 28.2 Å². The van der Waals surface area contributed by atoms with E-state index >= 15 is 0 Å². The monoisotopic (exact) mass is 340 g/mol. The van der Waals surface area contributed by atoms with Gasteiger partial charge in [-0.15, -0.1) is 0 Å². The summed E-state index contributed by atoms with van der Waals surface area (Å²) in [5.41, 5.74) is 1.63. The number of carboxylic acids is 1. The number of nitrogens with one attached hydrogen (secondary N) is 1. The number of hydrogen-bond donors (Lipinski definition) is 2. The number of urea groups is 1. The van der Waals surface area contributed by atoms with Crippen LogP contribution < -0.4 is 5.32 Å². The summed E-state index contributed by atoms with van der Waals surface area (Å²) in [6, 6.07) is 4.53. The number of aryl methyl sites for hydroxylation is 1. The molecule has 1 unspecified atom stereocenters. The summed E-state index contributed by atoms with van der Waals surface area (Å²) < 4.78 is 0.867. The van der Waals surface area contributed by atoms with Crippen molar-refractivity contribution in [1.82, 2.24) is 4.90 Å². The molecule has 0 aromatic heterocycles. The highest BCUT2D eigenvalue weighted by atomic mass is 79.9. The lowest BCUT2D eigenvalue weighted by atomic mass is 10.0. The third-order valence-electron chi connectivity index (χ3n) is 3.49. The Hall–Kier alpha value is -1.56. The summed E-state index contributed by atoms with van der Waals surface area (Å²) in [6.07, 6.45) is 2.20. The molecule has 0 aliphatic carbocycles. The van der Waals surface area contributed by atoms with Gasteiger partial charge in [0.15, 0.2) is 0 Å². The molecule has 1 fully saturated rings. The van der Waals surface area contributed by atoms with Crippen molar-refractivity contribution < 1.29 is 14.7 Å². The number of rotatable bonds is 2. The number of likely N-dealkylation sites (tertiary alicyclic amines) is 1. The van der Waals surface area contributed by atoms with E-state index in [0.717, 1.165) is 22.9 Å². The number of aliphatic carboxylic acids is 1. The molecule has 0 radical (unpaired) electrons. The summed E-state index contributed by atoms with van der Waals surface area (Å²) in [4.78, 5) is 24.9. The fourth-order valence-corrected chi connectivity index (χ4v) is 2.71. The lowest BCUT2D eigenvalue weighted by molar-refractivity contribution is -0.143. The first kappa shape index (κ1) is 14.8. The molecular weight excluding hydrogens is 324 g/mol. The molecule has 5 nitrogen and oxygen atoms in total. The van der Waals surface area contributed by atoms with Gasteiger partial charge in [0.05, 0.1) is 0 Å². The number of carbonyl (C=O) groups excluding carboxylic acids is 1. The van der Waals surface area contributed by atoms with E-state index in [1.165, 1.54) is 4.90 Å². The van der Waals surface area contributed by atoms with Crippen molar-refractivity contribution >= 4 is 33.6 Å². The molecule has 1 aliphatic heterocycles. The molecule has 1 aliphatic rings. The molecule has 2 rings (SSSR count). The summed E-state index contributed by atoms with van der Waals surface area (Å²) in [5.74, 6) is -0.939. The number of piperidine rings is 1. The first-order chi connectivity index (χ1) is 9.49. The molecule has 2 amide bonds. The maximum atomic E-state index is 12.3. The van der Waals surface area contributed by atoms with Crippen LogP contribution in [0.5, 0.6) is 0 Å². The predicted octanol–water partition coefficient (Wildman–Crippen LogP) is 3.23. The van der Waals surface area contributed by atoms with Crippen LogP contribution in [0.15, 0.2) is 22.7 Å². The van der Waals surface area contributed by atoms with E-state index in [-0.39, 0.29) is 6.03 Å². The number of anilines is 1. The second-order valence-electron chi connectivity index (χ2n) is 4.93. The van der Waals surface area contributed by atoms with Crippen LogP contribution >= 0.6 is 15.9 Å². The fraction of sp³-hybridized carbons (Fsp3) is 0.429. The normalized spacial score (nSPS) is 18.7. The fourth-order valence-electron chi connectivity index (χ4n) is 2.35. The van der Waals surface area contributed by atoms with Gasteiger partial charge in [0.25, 0.3) is 0 Å². The topological polar surface area (TPSA) is 69.6 Å². The molecule has 2 N–H and O–H groups in total. The molecule has 0 bridgehead atoms. The Labute approximate surface area is 126 Å². The SMILES string of the molecule is Cc1ccc(Br)cc1NC(=O)N1CCCCC1C(=O)O. The summed E-state index contributed by atoms with van der Waals surface area (Å²) >= 11 is 3.36. The van der Waals surface area contributed by atoms with Crippen molar-refractivity contribution in [2.45, 2.75) is 32.2 Å². The van der Waals surface area contributed by atoms with Gasteiger partial charge in [-0.05, 0) is 43.9 Å². The Bertz CT molecular complexity index is 533. The maximum Gasteiger partial charge on any atom is 0.326 e. The number of amides is 2. The third-order valence-corrected chi connectivity index (χ3v) is 3.98. The van der Waals surface area contributed by atoms with Gasteiger partial charge in [-0.1, -0.05) is 22.0 Å². The smallest absolute Gasteiger partial charge is 0.326 e. The van der Waals surface area contributed by atoms with Gasteiger partial charge < -0.3 is 15.3 Å². The minimum absolute atomic E-state index is 0.349. The number of halogens is 1. The van der Waals surface area contributed by atoms with E-state index in [4.69, 9.17) is 0 Å². The number of nitrogens with zero attached hydrogens (tertiary/aromatic N) is 1. The molecule has 1 aromatic rings. The summed E-state index contributed by atoms with van der Waals surface area (Å²) in [6.45, 7) is 2.38. The lowest BCUT2D eigenvalue weighted by Crippen LogP contribution is -2.49. The molecule has 108 valence electrons. The Kier molecular flexibility index (Phi) is 4.65. The largest absolute Gasteiger partial charge is 0.480 e. The number of hydrogen-bond acceptors (Lipinski definition) is 2. The van der Waals surface area contributed by atoms with Crippen LogP contribution in [0.1, 0.15) is 24.8 Å². The quantitative estimate of drug-likeness (QED) is 0.868.